The number of aromatic nitrogens is 1. The van der Waals surface area contributed by atoms with Crippen LogP contribution in [0.4, 0.5) is 9.93 Å². The predicted molar refractivity (Wildman–Crippen MR) is 123 cm³/mol. The number of benzene rings is 1. The molecule has 1 heterocycles. The number of carbonyl (C=O) groups is 2. The van der Waals surface area contributed by atoms with Crippen molar-refractivity contribution in [2.24, 2.45) is 0 Å². The zero-order valence-electron chi connectivity index (χ0n) is 18.2. The summed E-state index contributed by atoms with van der Waals surface area (Å²) in [5.41, 5.74) is 1.48. The summed E-state index contributed by atoms with van der Waals surface area (Å²) in [6, 6.07) is 9.94. The van der Waals surface area contributed by atoms with E-state index in [-0.39, 0.29) is 12.0 Å². The maximum absolute atomic E-state index is 12.1. The van der Waals surface area contributed by atoms with Crippen LogP contribution in [0, 0.1) is 0 Å². The Balaban J connectivity index is 1.49. The van der Waals surface area contributed by atoms with Gasteiger partial charge in [0.1, 0.15) is 5.60 Å². The molecule has 0 atom stereocenters. The Morgan fingerprint density at radius 3 is 2.37 bits per heavy atom. The van der Waals surface area contributed by atoms with Crippen LogP contribution in [0.15, 0.2) is 35.7 Å². The van der Waals surface area contributed by atoms with E-state index in [0.717, 1.165) is 49.8 Å². The first-order valence-electron chi connectivity index (χ1n) is 10.6. The number of unbranched alkanes of at least 4 members (excludes halogenated alkanes) is 5. The molecule has 2 aromatic rings. The molecule has 0 aliphatic heterocycles. The van der Waals surface area contributed by atoms with Gasteiger partial charge in [-0.3, -0.25) is 4.79 Å². The van der Waals surface area contributed by atoms with Gasteiger partial charge in [-0.25, -0.2) is 9.78 Å². The van der Waals surface area contributed by atoms with Crippen LogP contribution >= 0.6 is 11.3 Å². The van der Waals surface area contributed by atoms with Gasteiger partial charge < -0.3 is 15.4 Å². The van der Waals surface area contributed by atoms with Crippen LogP contribution in [0.2, 0.25) is 0 Å². The third-order valence-electron chi connectivity index (χ3n) is 4.32. The van der Waals surface area contributed by atoms with Gasteiger partial charge in [0, 0.05) is 23.9 Å². The molecule has 164 valence electrons. The molecule has 0 unspecified atom stereocenters. The van der Waals surface area contributed by atoms with Crippen LogP contribution in [0.25, 0.3) is 11.3 Å². The van der Waals surface area contributed by atoms with E-state index >= 15 is 0 Å². The molecular formula is C23H33N3O3S. The smallest absolute Gasteiger partial charge is 0.407 e. The molecule has 0 fully saturated rings. The standard InChI is InChI=1S/C23H33N3O3S/c1-23(2,3)29-22(28)24-16-12-7-5-4-6-11-15-20(27)26-21-25-19(17-30-21)18-13-9-8-10-14-18/h8-10,13-14,17H,4-7,11-12,15-16H2,1-3H3,(H,24,28)(H,25,26,27). The number of ether oxygens (including phenoxy) is 1. The van der Waals surface area contributed by atoms with E-state index in [1.54, 1.807) is 0 Å². The highest BCUT2D eigenvalue weighted by atomic mass is 32.1. The Bertz CT molecular complexity index is 784. The lowest BCUT2D eigenvalue weighted by atomic mass is 10.1. The van der Waals surface area contributed by atoms with E-state index in [0.29, 0.717) is 18.1 Å². The largest absolute Gasteiger partial charge is 0.444 e. The Morgan fingerprint density at radius 2 is 1.67 bits per heavy atom. The topological polar surface area (TPSA) is 80.3 Å². The second-order valence-electron chi connectivity index (χ2n) is 8.25. The fraction of sp³-hybridized carbons (Fsp3) is 0.522. The molecule has 6 nitrogen and oxygen atoms in total. The van der Waals surface area contributed by atoms with Crippen molar-refractivity contribution >= 4 is 28.5 Å². The number of anilines is 1. The molecule has 2 N–H and O–H groups in total. The van der Waals surface area contributed by atoms with Crippen molar-refractivity contribution in [3.8, 4) is 11.3 Å². The number of nitrogens with one attached hydrogen (secondary N) is 2. The van der Waals surface area contributed by atoms with Crippen molar-refractivity contribution in [3.63, 3.8) is 0 Å². The fourth-order valence-electron chi connectivity index (χ4n) is 2.88. The normalized spacial score (nSPS) is 11.2. The van der Waals surface area contributed by atoms with Gasteiger partial charge >= 0.3 is 6.09 Å². The molecule has 7 heteroatoms. The zero-order chi connectivity index (χ0) is 21.8. The lowest BCUT2D eigenvalue weighted by molar-refractivity contribution is -0.116. The minimum Gasteiger partial charge on any atom is -0.444 e. The zero-order valence-corrected chi connectivity index (χ0v) is 19.0. The van der Waals surface area contributed by atoms with Gasteiger partial charge in [0.2, 0.25) is 5.91 Å². The number of hydrogen-bond donors (Lipinski definition) is 2. The van der Waals surface area contributed by atoms with Crippen molar-refractivity contribution in [2.45, 2.75) is 71.3 Å². The summed E-state index contributed by atoms with van der Waals surface area (Å²) in [5, 5.41) is 8.28. The van der Waals surface area contributed by atoms with E-state index in [9.17, 15) is 9.59 Å². The maximum atomic E-state index is 12.1. The summed E-state index contributed by atoms with van der Waals surface area (Å²) in [6.45, 7) is 6.19. The molecule has 0 radical (unpaired) electrons. The molecule has 0 bridgehead atoms. The Morgan fingerprint density at radius 1 is 1.00 bits per heavy atom. The minimum atomic E-state index is -0.458. The molecule has 0 saturated carbocycles. The quantitative estimate of drug-likeness (QED) is 0.427. The van der Waals surface area contributed by atoms with Crippen molar-refractivity contribution in [1.29, 1.82) is 0 Å². The average Bonchev–Trinajstić information content (AvgIpc) is 3.14. The first kappa shape index (κ1) is 23.9. The van der Waals surface area contributed by atoms with Crippen LogP contribution in [-0.2, 0) is 9.53 Å². The Hall–Kier alpha value is -2.41. The van der Waals surface area contributed by atoms with Crippen molar-refractivity contribution in [2.75, 3.05) is 11.9 Å². The highest BCUT2D eigenvalue weighted by Gasteiger charge is 2.15. The van der Waals surface area contributed by atoms with Gasteiger partial charge in [-0.05, 0) is 33.6 Å². The number of thiazole rings is 1. The van der Waals surface area contributed by atoms with Gasteiger partial charge in [0.25, 0.3) is 0 Å². The third-order valence-corrected chi connectivity index (χ3v) is 5.08. The van der Waals surface area contributed by atoms with Gasteiger partial charge in [-0.2, -0.15) is 0 Å². The van der Waals surface area contributed by atoms with Crippen LogP contribution in [0.3, 0.4) is 0 Å². The number of hydrogen-bond acceptors (Lipinski definition) is 5. The number of alkyl carbamates (subject to hydrolysis) is 1. The second-order valence-corrected chi connectivity index (χ2v) is 9.11. The summed E-state index contributed by atoms with van der Waals surface area (Å²) in [6.07, 6.45) is 6.25. The van der Waals surface area contributed by atoms with Crippen molar-refractivity contribution in [3.05, 3.63) is 35.7 Å². The number of nitrogens with zero attached hydrogens (tertiary/aromatic N) is 1. The summed E-state index contributed by atoms with van der Waals surface area (Å²) < 4.78 is 5.19. The number of rotatable bonds is 11. The first-order chi connectivity index (χ1) is 14.3. The van der Waals surface area contributed by atoms with Gasteiger partial charge in [0.05, 0.1) is 5.69 Å². The van der Waals surface area contributed by atoms with Gasteiger partial charge in [-0.15, -0.1) is 11.3 Å². The van der Waals surface area contributed by atoms with Crippen molar-refractivity contribution < 1.29 is 14.3 Å². The van der Waals surface area contributed by atoms with Crippen LogP contribution in [0.1, 0.15) is 65.7 Å². The predicted octanol–water partition coefficient (Wildman–Crippen LogP) is 6.00. The maximum Gasteiger partial charge on any atom is 0.407 e. The summed E-state index contributed by atoms with van der Waals surface area (Å²) in [5.74, 6) is 0.0190. The Labute approximate surface area is 183 Å². The van der Waals surface area contributed by atoms with E-state index in [2.05, 4.69) is 15.6 Å². The minimum absolute atomic E-state index is 0.0190. The molecule has 1 aromatic heterocycles. The summed E-state index contributed by atoms with van der Waals surface area (Å²) in [4.78, 5) is 28.1. The fourth-order valence-corrected chi connectivity index (χ4v) is 3.61. The van der Waals surface area contributed by atoms with Gasteiger partial charge in [0.15, 0.2) is 5.13 Å². The van der Waals surface area contributed by atoms with Gasteiger partial charge in [-0.1, -0.05) is 56.0 Å². The van der Waals surface area contributed by atoms with Crippen molar-refractivity contribution in [1.82, 2.24) is 10.3 Å². The third kappa shape index (κ3) is 9.87. The second kappa shape index (κ2) is 12.3. The van der Waals surface area contributed by atoms with E-state index < -0.39 is 5.60 Å². The molecule has 0 aliphatic carbocycles. The first-order valence-corrected chi connectivity index (χ1v) is 11.5. The highest BCUT2D eigenvalue weighted by molar-refractivity contribution is 7.14. The summed E-state index contributed by atoms with van der Waals surface area (Å²) in [7, 11) is 0. The average molecular weight is 432 g/mol. The molecule has 30 heavy (non-hydrogen) atoms. The van der Waals surface area contributed by atoms with E-state index in [4.69, 9.17) is 4.74 Å². The SMILES string of the molecule is CC(C)(C)OC(=O)NCCCCCCCCC(=O)Nc1nc(-c2ccccc2)cs1. The molecule has 0 saturated heterocycles. The monoisotopic (exact) mass is 431 g/mol. The molecule has 0 aliphatic rings. The highest BCUT2D eigenvalue weighted by Crippen LogP contribution is 2.24. The lowest BCUT2D eigenvalue weighted by Gasteiger charge is -2.19. The van der Waals surface area contributed by atoms with Crippen LogP contribution in [0.5, 0.6) is 0 Å². The van der Waals surface area contributed by atoms with E-state index in [1.165, 1.54) is 11.3 Å². The molecule has 1 aromatic carbocycles. The molecule has 0 spiro atoms. The molecule has 2 amide bonds. The lowest BCUT2D eigenvalue weighted by Crippen LogP contribution is -2.32. The molecule has 2 rings (SSSR count). The molecular weight excluding hydrogens is 398 g/mol. The van der Waals surface area contributed by atoms with E-state index in [1.807, 2.05) is 56.5 Å². The van der Waals surface area contributed by atoms with Crippen LogP contribution < -0.4 is 10.6 Å². The Kier molecular flexibility index (Phi) is 9.80. The summed E-state index contributed by atoms with van der Waals surface area (Å²) >= 11 is 1.45. The number of amides is 2. The number of carbonyl (C=O) groups excluding carboxylic acids is 2. The van der Waals surface area contributed by atoms with Crippen LogP contribution in [-0.4, -0.2) is 29.1 Å².